The molecule has 1 aromatic rings. The van der Waals surface area contributed by atoms with Crippen LogP contribution in [0.25, 0.3) is 0 Å². The van der Waals surface area contributed by atoms with Gasteiger partial charge in [-0.25, -0.2) is 9.37 Å². The highest BCUT2D eigenvalue weighted by atomic mass is 19.1. The summed E-state index contributed by atoms with van der Waals surface area (Å²) in [6.45, 7) is 1.25. The molecule has 0 atom stereocenters. The van der Waals surface area contributed by atoms with E-state index in [4.69, 9.17) is 4.74 Å². The third-order valence-corrected chi connectivity index (χ3v) is 3.25. The number of nitrogens with one attached hydrogen (secondary N) is 1. The summed E-state index contributed by atoms with van der Waals surface area (Å²) in [6, 6.07) is 1.47. The standard InChI is InChI=1S/C13H19FN2O/c1-15-8-11-7-12(14)9-16-13(11)17-6-5-10-3-2-4-10/h7,9-10,15H,2-6,8H2,1H3. The zero-order valence-electron chi connectivity index (χ0n) is 10.2. The highest BCUT2D eigenvalue weighted by molar-refractivity contribution is 5.25. The van der Waals surface area contributed by atoms with Gasteiger partial charge in [-0.3, -0.25) is 0 Å². The van der Waals surface area contributed by atoms with Crippen molar-refractivity contribution in [2.24, 2.45) is 5.92 Å². The average Bonchev–Trinajstić information content (AvgIpc) is 2.25. The lowest BCUT2D eigenvalue weighted by Gasteiger charge is -2.25. The number of halogens is 1. The van der Waals surface area contributed by atoms with Crippen molar-refractivity contribution >= 4 is 0 Å². The number of rotatable bonds is 6. The fraction of sp³-hybridized carbons (Fsp3) is 0.615. The minimum atomic E-state index is -0.318. The van der Waals surface area contributed by atoms with Crippen molar-refractivity contribution in [3.63, 3.8) is 0 Å². The van der Waals surface area contributed by atoms with Crippen LogP contribution in [0.2, 0.25) is 0 Å². The Morgan fingerprint density at radius 1 is 1.53 bits per heavy atom. The molecule has 0 spiro atoms. The average molecular weight is 238 g/mol. The molecule has 1 aliphatic carbocycles. The van der Waals surface area contributed by atoms with Gasteiger partial charge in [-0.05, 0) is 25.5 Å². The molecule has 0 radical (unpaired) electrons. The Morgan fingerprint density at radius 3 is 3.00 bits per heavy atom. The highest BCUT2D eigenvalue weighted by Crippen LogP contribution is 2.29. The molecule has 94 valence electrons. The van der Waals surface area contributed by atoms with Crippen LogP contribution >= 0.6 is 0 Å². The van der Waals surface area contributed by atoms with Gasteiger partial charge in [-0.15, -0.1) is 0 Å². The topological polar surface area (TPSA) is 34.2 Å². The number of aromatic nitrogens is 1. The molecule has 0 unspecified atom stereocenters. The second-order valence-corrected chi connectivity index (χ2v) is 4.58. The van der Waals surface area contributed by atoms with E-state index in [-0.39, 0.29) is 5.82 Å². The van der Waals surface area contributed by atoms with E-state index in [1.807, 2.05) is 7.05 Å². The maximum Gasteiger partial charge on any atom is 0.218 e. The number of pyridine rings is 1. The summed E-state index contributed by atoms with van der Waals surface area (Å²) in [4.78, 5) is 4.00. The van der Waals surface area contributed by atoms with E-state index in [9.17, 15) is 4.39 Å². The molecule has 3 nitrogen and oxygen atoms in total. The lowest BCUT2D eigenvalue weighted by atomic mass is 9.83. The van der Waals surface area contributed by atoms with Crippen LogP contribution in [-0.2, 0) is 6.54 Å². The van der Waals surface area contributed by atoms with E-state index in [0.29, 0.717) is 19.0 Å². The second-order valence-electron chi connectivity index (χ2n) is 4.58. The molecule has 1 N–H and O–H groups in total. The first-order valence-corrected chi connectivity index (χ1v) is 6.21. The third-order valence-electron chi connectivity index (χ3n) is 3.25. The quantitative estimate of drug-likeness (QED) is 0.827. The van der Waals surface area contributed by atoms with Crippen LogP contribution in [0, 0.1) is 11.7 Å². The SMILES string of the molecule is CNCc1cc(F)cnc1OCCC1CCC1. The first-order chi connectivity index (χ1) is 8.29. The summed E-state index contributed by atoms with van der Waals surface area (Å²) in [7, 11) is 1.82. The summed E-state index contributed by atoms with van der Waals surface area (Å²) >= 11 is 0. The van der Waals surface area contributed by atoms with Crippen LogP contribution in [0.5, 0.6) is 5.88 Å². The Morgan fingerprint density at radius 2 is 2.35 bits per heavy atom. The lowest BCUT2D eigenvalue weighted by Crippen LogP contribution is -2.16. The van der Waals surface area contributed by atoms with Gasteiger partial charge in [0.2, 0.25) is 5.88 Å². The van der Waals surface area contributed by atoms with Gasteiger partial charge in [0, 0.05) is 12.1 Å². The van der Waals surface area contributed by atoms with Crippen molar-refractivity contribution in [2.75, 3.05) is 13.7 Å². The van der Waals surface area contributed by atoms with E-state index >= 15 is 0 Å². The molecule has 1 fully saturated rings. The number of hydrogen-bond donors (Lipinski definition) is 1. The van der Waals surface area contributed by atoms with Crippen molar-refractivity contribution in [1.29, 1.82) is 0 Å². The molecule has 0 saturated heterocycles. The molecule has 0 aromatic carbocycles. The third kappa shape index (κ3) is 3.40. The predicted octanol–water partition coefficient (Wildman–Crippen LogP) is 2.51. The van der Waals surface area contributed by atoms with E-state index < -0.39 is 0 Å². The molecular weight excluding hydrogens is 219 g/mol. The van der Waals surface area contributed by atoms with E-state index in [1.165, 1.54) is 31.5 Å². The van der Waals surface area contributed by atoms with Crippen molar-refractivity contribution in [1.82, 2.24) is 10.3 Å². The largest absolute Gasteiger partial charge is 0.477 e. The van der Waals surface area contributed by atoms with Gasteiger partial charge in [0.25, 0.3) is 0 Å². The van der Waals surface area contributed by atoms with Gasteiger partial charge in [0.1, 0.15) is 5.82 Å². The first-order valence-electron chi connectivity index (χ1n) is 6.21. The van der Waals surface area contributed by atoms with Crippen molar-refractivity contribution in [3.05, 3.63) is 23.6 Å². The van der Waals surface area contributed by atoms with Crippen LogP contribution in [0.1, 0.15) is 31.2 Å². The maximum atomic E-state index is 13.0. The fourth-order valence-corrected chi connectivity index (χ4v) is 2.02. The van der Waals surface area contributed by atoms with Gasteiger partial charge >= 0.3 is 0 Å². The number of ether oxygens (including phenoxy) is 1. The summed E-state index contributed by atoms with van der Waals surface area (Å²) in [5, 5.41) is 2.99. The monoisotopic (exact) mass is 238 g/mol. The van der Waals surface area contributed by atoms with Gasteiger partial charge in [0.05, 0.1) is 12.8 Å². The summed E-state index contributed by atoms with van der Waals surface area (Å²) in [5.41, 5.74) is 0.779. The summed E-state index contributed by atoms with van der Waals surface area (Å²) in [6.07, 6.45) is 6.29. The molecule has 1 saturated carbocycles. The lowest BCUT2D eigenvalue weighted by molar-refractivity contribution is 0.215. The van der Waals surface area contributed by atoms with Gasteiger partial charge in [0.15, 0.2) is 0 Å². The second kappa shape index (κ2) is 5.96. The Kier molecular flexibility index (Phi) is 4.31. The number of hydrogen-bond acceptors (Lipinski definition) is 3. The Hall–Kier alpha value is -1.16. The zero-order chi connectivity index (χ0) is 12.1. The molecule has 2 rings (SSSR count). The Balaban J connectivity index is 1.88. The van der Waals surface area contributed by atoms with Crippen molar-refractivity contribution in [2.45, 2.75) is 32.2 Å². The normalized spacial score (nSPS) is 15.6. The minimum absolute atomic E-state index is 0.318. The summed E-state index contributed by atoms with van der Waals surface area (Å²) in [5.74, 6) is 1.06. The zero-order valence-corrected chi connectivity index (χ0v) is 10.2. The maximum absolute atomic E-state index is 13.0. The molecule has 1 aromatic heterocycles. The van der Waals surface area contributed by atoms with Crippen molar-refractivity contribution in [3.8, 4) is 5.88 Å². The smallest absolute Gasteiger partial charge is 0.218 e. The van der Waals surface area contributed by atoms with E-state index in [2.05, 4.69) is 10.3 Å². The minimum Gasteiger partial charge on any atom is -0.477 e. The Labute approximate surface area is 101 Å². The molecule has 0 amide bonds. The molecule has 1 heterocycles. The molecule has 4 heteroatoms. The van der Waals surface area contributed by atoms with Gasteiger partial charge in [-0.2, -0.15) is 0 Å². The first kappa shape index (κ1) is 12.3. The van der Waals surface area contributed by atoms with Crippen LogP contribution in [0.4, 0.5) is 4.39 Å². The van der Waals surface area contributed by atoms with Crippen molar-refractivity contribution < 1.29 is 9.13 Å². The fourth-order valence-electron chi connectivity index (χ4n) is 2.02. The van der Waals surface area contributed by atoms with Gasteiger partial charge < -0.3 is 10.1 Å². The summed E-state index contributed by atoms with van der Waals surface area (Å²) < 4.78 is 18.7. The molecule has 1 aliphatic rings. The molecule has 17 heavy (non-hydrogen) atoms. The van der Waals surface area contributed by atoms with Crippen LogP contribution in [0.15, 0.2) is 12.3 Å². The number of nitrogens with zero attached hydrogens (tertiary/aromatic N) is 1. The Bertz CT molecular complexity index is 366. The van der Waals surface area contributed by atoms with E-state index in [0.717, 1.165) is 17.9 Å². The van der Waals surface area contributed by atoms with Crippen LogP contribution < -0.4 is 10.1 Å². The van der Waals surface area contributed by atoms with Gasteiger partial charge in [-0.1, -0.05) is 19.3 Å². The van der Waals surface area contributed by atoms with E-state index in [1.54, 1.807) is 0 Å². The molecular formula is C13H19FN2O. The van der Waals surface area contributed by atoms with Crippen LogP contribution in [0.3, 0.4) is 0 Å². The predicted molar refractivity (Wildman–Crippen MR) is 64.4 cm³/mol. The highest BCUT2D eigenvalue weighted by Gasteiger charge is 2.17. The molecule has 0 aliphatic heterocycles. The van der Waals surface area contributed by atoms with Crippen LogP contribution in [-0.4, -0.2) is 18.6 Å². The molecule has 0 bridgehead atoms.